The SMILES string of the molecule is N#Cc1c(F)c(F)c2c(C#N)c3c4c(cc(OC(F)(F)F)c(OC(F)(F)F)c4c2c1F)-c1cc(OC(F)(F)F)c(OC(F)(F)F)cc1-3. The van der Waals surface area contributed by atoms with Crippen LogP contribution in [0, 0.1) is 40.1 Å². The highest BCUT2D eigenvalue weighted by molar-refractivity contribution is 6.28. The van der Waals surface area contributed by atoms with Crippen molar-refractivity contribution in [2.24, 2.45) is 0 Å². The van der Waals surface area contributed by atoms with E-state index in [1.807, 2.05) is 0 Å². The van der Waals surface area contributed by atoms with E-state index < -0.39 is 121 Å². The highest BCUT2D eigenvalue weighted by atomic mass is 19.4. The largest absolute Gasteiger partial charge is 0.573 e. The molecule has 0 spiro atoms. The number of nitriles is 2. The number of alkyl halides is 12. The zero-order valence-corrected chi connectivity index (χ0v) is 21.4. The molecule has 5 rings (SSSR count). The molecule has 4 aromatic carbocycles. The second kappa shape index (κ2) is 10.3. The summed E-state index contributed by atoms with van der Waals surface area (Å²) in [5.74, 6) is -14.8. The molecule has 0 radical (unpaired) electrons. The van der Waals surface area contributed by atoms with E-state index in [4.69, 9.17) is 0 Å². The summed E-state index contributed by atoms with van der Waals surface area (Å²) < 4.78 is 220. The van der Waals surface area contributed by atoms with Gasteiger partial charge in [0.25, 0.3) is 0 Å². The lowest BCUT2D eigenvalue weighted by atomic mass is 9.89. The van der Waals surface area contributed by atoms with Crippen molar-refractivity contribution in [3.05, 3.63) is 46.8 Å². The molecule has 0 N–H and O–H groups in total. The van der Waals surface area contributed by atoms with Gasteiger partial charge in [-0.05, 0) is 34.9 Å². The monoisotopic (exact) mass is 692 g/mol. The van der Waals surface area contributed by atoms with E-state index in [2.05, 4.69) is 18.9 Å². The minimum Gasteiger partial charge on any atom is -0.402 e. The van der Waals surface area contributed by atoms with Crippen LogP contribution in [0.1, 0.15) is 11.1 Å². The van der Waals surface area contributed by atoms with Crippen LogP contribution in [-0.2, 0) is 0 Å². The number of hydrogen-bond acceptors (Lipinski definition) is 6. The Balaban J connectivity index is 2.13. The van der Waals surface area contributed by atoms with Gasteiger partial charge < -0.3 is 18.9 Å². The van der Waals surface area contributed by atoms with Crippen molar-refractivity contribution < 1.29 is 84.8 Å². The number of nitrogens with zero attached hydrogens (tertiary/aromatic N) is 2. The van der Waals surface area contributed by atoms with Gasteiger partial charge in [0, 0.05) is 27.1 Å². The standard InChI is InChI=1S/C26H3F15N2O4/c27-19-10(5-43)20(28)21(29)16-9(4-42)14-7-2-12(45-24(33,34)35)11(44-23(30,31)32)1-6(7)8-3-13(46-25(36,37)38)22(47-26(39,40)41)18(15(8)14)17(16)19/h1-3H. The molecule has 0 aromatic heterocycles. The van der Waals surface area contributed by atoms with Crippen molar-refractivity contribution in [3.8, 4) is 57.4 Å². The van der Waals surface area contributed by atoms with Crippen LogP contribution in [-0.4, -0.2) is 25.4 Å². The van der Waals surface area contributed by atoms with E-state index in [1.165, 1.54) is 6.07 Å². The normalized spacial score (nSPS) is 13.0. The van der Waals surface area contributed by atoms with Gasteiger partial charge >= 0.3 is 25.4 Å². The highest BCUT2D eigenvalue weighted by Gasteiger charge is 2.43. The zero-order chi connectivity index (χ0) is 35.2. The Morgan fingerprint density at radius 3 is 1.36 bits per heavy atom. The molecule has 0 fully saturated rings. The first kappa shape index (κ1) is 32.9. The Bertz CT molecular complexity index is 2100. The summed E-state index contributed by atoms with van der Waals surface area (Å²) in [6.45, 7) is 0. The topological polar surface area (TPSA) is 84.5 Å². The fraction of sp³-hybridized carbons (Fsp3) is 0.154. The van der Waals surface area contributed by atoms with Crippen molar-refractivity contribution in [1.29, 1.82) is 10.5 Å². The predicted molar refractivity (Wildman–Crippen MR) is 122 cm³/mol. The number of ether oxygens (including phenoxy) is 4. The van der Waals surface area contributed by atoms with Gasteiger partial charge in [-0.25, -0.2) is 13.2 Å². The molecule has 0 atom stereocenters. The van der Waals surface area contributed by atoms with Gasteiger partial charge in [-0.15, -0.1) is 52.7 Å². The molecule has 246 valence electrons. The van der Waals surface area contributed by atoms with Crippen LogP contribution < -0.4 is 18.9 Å². The summed E-state index contributed by atoms with van der Waals surface area (Å²) in [6.07, 6.45) is -23.4. The lowest BCUT2D eigenvalue weighted by Crippen LogP contribution is -2.21. The van der Waals surface area contributed by atoms with Crippen LogP contribution in [0.2, 0.25) is 0 Å². The smallest absolute Gasteiger partial charge is 0.402 e. The lowest BCUT2D eigenvalue weighted by Gasteiger charge is -2.21. The van der Waals surface area contributed by atoms with Gasteiger partial charge in [-0.2, -0.15) is 10.5 Å². The molecular weight excluding hydrogens is 689 g/mol. The van der Waals surface area contributed by atoms with Crippen LogP contribution in [0.3, 0.4) is 0 Å². The Morgan fingerprint density at radius 1 is 0.447 bits per heavy atom. The second-order valence-corrected chi connectivity index (χ2v) is 9.08. The summed E-state index contributed by atoms with van der Waals surface area (Å²) in [6, 6.07) is 2.21. The minimum atomic E-state index is -5.98. The van der Waals surface area contributed by atoms with E-state index in [0.717, 1.165) is 6.07 Å². The van der Waals surface area contributed by atoms with Crippen LogP contribution >= 0.6 is 0 Å². The molecule has 0 aliphatic heterocycles. The van der Waals surface area contributed by atoms with Crippen molar-refractivity contribution in [2.45, 2.75) is 25.4 Å². The molecule has 0 saturated heterocycles. The molecule has 4 aromatic rings. The molecule has 47 heavy (non-hydrogen) atoms. The van der Waals surface area contributed by atoms with Crippen LogP contribution in [0.4, 0.5) is 65.9 Å². The Hall–Kier alpha value is -5.47. The van der Waals surface area contributed by atoms with Crippen LogP contribution in [0.25, 0.3) is 43.8 Å². The van der Waals surface area contributed by atoms with E-state index in [0.29, 0.717) is 0 Å². The zero-order valence-electron chi connectivity index (χ0n) is 21.4. The van der Waals surface area contributed by atoms with Gasteiger partial charge in [-0.1, -0.05) is 0 Å². The van der Waals surface area contributed by atoms with Crippen molar-refractivity contribution in [1.82, 2.24) is 0 Å². The summed E-state index contributed by atoms with van der Waals surface area (Å²) >= 11 is 0. The van der Waals surface area contributed by atoms with Gasteiger partial charge in [-0.3, -0.25) is 0 Å². The molecular formula is C26H3F15N2O4. The van der Waals surface area contributed by atoms with Gasteiger partial charge in [0.2, 0.25) is 0 Å². The maximum absolute atomic E-state index is 15.7. The first-order valence-electron chi connectivity index (χ1n) is 11.6. The Morgan fingerprint density at radius 2 is 0.894 bits per heavy atom. The number of hydrogen-bond donors (Lipinski definition) is 0. The first-order valence-corrected chi connectivity index (χ1v) is 11.6. The third-order valence-electron chi connectivity index (χ3n) is 6.33. The maximum Gasteiger partial charge on any atom is 0.573 e. The van der Waals surface area contributed by atoms with E-state index in [1.54, 1.807) is 0 Å². The van der Waals surface area contributed by atoms with Crippen molar-refractivity contribution in [3.63, 3.8) is 0 Å². The second-order valence-electron chi connectivity index (χ2n) is 9.08. The first-order chi connectivity index (χ1) is 21.5. The van der Waals surface area contributed by atoms with E-state index in [-0.39, 0.29) is 18.2 Å². The number of halogens is 15. The number of fused-ring (bicyclic) bond motifs is 5. The van der Waals surface area contributed by atoms with Gasteiger partial charge in [0.15, 0.2) is 40.4 Å². The Labute approximate surface area is 247 Å². The van der Waals surface area contributed by atoms with Gasteiger partial charge in [0.05, 0.1) is 5.56 Å². The van der Waals surface area contributed by atoms with E-state index >= 15 is 8.78 Å². The predicted octanol–water partition coefficient (Wildman–Crippen LogP) is 9.40. The molecule has 1 aliphatic carbocycles. The molecule has 0 amide bonds. The molecule has 0 unspecified atom stereocenters. The fourth-order valence-electron chi connectivity index (χ4n) is 5.03. The number of rotatable bonds is 4. The summed E-state index contributed by atoms with van der Waals surface area (Å²) in [5.41, 5.74) is -7.06. The van der Waals surface area contributed by atoms with Crippen molar-refractivity contribution >= 4 is 21.5 Å². The molecule has 0 saturated carbocycles. The third-order valence-corrected chi connectivity index (χ3v) is 6.33. The fourth-order valence-corrected chi connectivity index (χ4v) is 5.03. The molecule has 1 aliphatic rings. The lowest BCUT2D eigenvalue weighted by molar-refractivity contribution is -0.287. The quantitative estimate of drug-likeness (QED) is 0.106. The van der Waals surface area contributed by atoms with Crippen LogP contribution in [0.5, 0.6) is 23.0 Å². The molecule has 0 heterocycles. The van der Waals surface area contributed by atoms with Gasteiger partial charge in [0.1, 0.15) is 17.7 Å². The van der Waals surface area contributed by atoms with E-state index in [9.17, 15) is 67.6 Å². The third kappa shape index (κ3) is 5.72. The maximum atomic E-state index is 15.7. The average Bonchev–Trinajstić information content (AvgIpc) is 3.19. The number of benzene rings is 4. The van der Waals surface area contributed by atoms with Crippen molar-refractivity contribution in [2.75, 3.05) is 0 Å². The average molecular weight is 692 g/mol. The molecule has 6 nitrogen and oxygen atoms in total. The molecule has 21 heteroatoms. The highest BCUT2D eigenvalue weighted by Crippen LogP contribution is 2.60. The summed E-state index contributed by atoms with van der Waals surface area (Å²) in [7, 11) is 0. The summed E-state index contributed by atoms with van der Waals surface area (Å²) in [4.78, 5) is 0. The van der Waals surface area contributed by atoms with Crippen LogP contribution in [0.15, 0.2) is 18.2 Å². The molecule has 0 bridgehead atoms. The summed E-state index contributed by atoms with van der Waals surface area (Å²) in [5, 5.41) is 13.1. The minimum absolute atomic E-state index is 0.0316. The Kier molecular flexibility index (Phi) is 7.19.